The molecule has 0 saturated carbocycles. The van der Waals surface area contributed by atoms with Crippen molar-refractivity contribution in [3.63, 3.8) is 0 Å². The van der Waals surface area contributed by atoms with Crippen LogP contribution in [-0.2, 0) is 9.47 Å². The molecule has 2 N–H and O–H groups in total. The Hall–Kier alpha value is -0.120. The van der Waals surface area contributed by atoms with Gasteiger partial charge in [0.15, 0.2) is 12.6 Å². The molecular weight excluding hydrogens is 118 g/mol. The first-order valence-corrected chi connectivity index (χ1v) is 3.25. The van der Waals surface area contributed by atoms with Crippen molar-refractivity contribution >= 4 is 0 Å². The lowest BCUT2D eigenvalue weighted by Crippen LogP contribution is -2.41. The minimum Gasteiger partial charge on any atom is -0.328 e. The van der Waals surface area contributed by atoms with E-state index >= 15 is 0 Å². The van der Waals surface area contributed by atoms with Crippen LogP contribution in [0.1, 0.15) is 20.3 Å². The van der Waals surface area contributed by atoms with Crippen molar-refractivity contribution in [3.05, 3.63) is 0 Å². The van der Waals surface area contributed by atoms with Crippen molar-refractivity contribution in [1.29, 1.82) is 0 Å². The highest BCUT2D eigenvalue weighted by Crippen LogP contribution is 2.19. The Morgan fingerprint density at radius 3 is 2.44 bits per heavy atom. The summed E-state index contributed by atoms with van der Waals surface area (Å²) in [6.45, 7) is 3.81. The van der Waals surface area contributed by atoms with Crippen LogP contribution in [0.2, 0.25) is 0 Å². The van der Waals surface area contributed by atoms with Gasteiger partial charge < -0.3 is 15.2 Å². The lowest BCUT2D eigenvalue weighted by Gasteiger charge is -2.34. The largest absolute Gasteiger partial charge is 0.328 e. The molecule has 1 fully saturated rings. The van der Waals surface area contributed by atoms with E-state index in [4.69, 9.17) is 15.2 Å². The second kappa shape index (κ2) is 2.64. The molecule has 3 nitrogen and oxygen atoms in total. The molecule has 1 aliphatic heterocycles. The fraction of sp³-hybridized carbons (Fsp3) is 1.00. The Kier molecular flexibility index (Phi) is 2.05. The van der Waals surface area contributed by atoms with E-state index in [-0.39, 0.29) is 18.6 Å². The van der Waals surface area contributed by atoms with E-state index in [9.17, 15) is 0 Å². The third-order valence-corrected chi connectivity index (χ3v) is 1.25. The maximum absolute atomic E-state index is 5.49. The summed E-state index contributed by atoms with van der Waals surface area (Å²) in [5.41, 5.74) is 5.49. The third kappa shape index (κ3) is 1.93. The van der Waals surface area contributed by atoms with Gasteiger partial charge in [-0.15, -0.1) is 0 Å². The van der Waals surface area contributed by atoms with Gasteiger partial charge in [-0.3, -0.25) is 0 Å². The van der Waals surface area contributed by atoms with E-state index in [1.165, 1.54) is 0 Å². The summed E-state index contributed by atoms with van der Waals surface area (Å²) in [5, 5.41) is 0. The summed E-state index contributed by atoms with van der Waals surface area (Å²) >= 11 is 0. The van der Waals surface area contributed by atoms with E-state index in [1.807, 2.05) is 13.8 Å². The van der Waals surface area contributed by atoms with Crippen LogP contribution in [0.15, 0.2) is 0 Å². The number of hydrogen-bond acceptors (Lipinski definition) is 3. The van der Waals surface area contributed by atoms with Gasteiger partial charge in [-0.2, -0.15) is 0 Å². The van der Waals surface area contributed by atoms with Gasteiger partial charge in [-0.05, 0) is 13.8 Å². The van der Waals surface area contributed by atoms with Crippen LogP contribution >= 0.6 is 0 Å². The Bertz CT molecular complexity index is 89.1. The minimum absolute atomic E-state index is 0.0197. The minimum atomic E-state index is -0.0417. The van der Waals surface area contributed by atoms with Crippen LogP contribution in [0.25, 0.3) is 0 Å². The smallest absolute Gasteiger partial charge is 0.165 e. The first kappa shape index (κ1) is 6.99. The molecule has 0 aromatic rings. The maximum atomic E-state index is 5.49. The molecule has 0 aromatic heterocycles. The fourth-order valence-electron chi connectivity index (χ4n) is 0.852. The number of hydrogen-bond donors (Lipinski definition) is 1. The molecule has 1 heterocycles. The Morgan fingerprint density at radius 1 is 1.56 bits per heavy atom. The predicted molar refractivity (Wildman–Crippen MR) is 33.7 cm³/mol. The summed E-state index contributed by atoms with van der Waals surface area (Å²) < 4.78 is 10.3. The van der Waals surface area contributed by atoms with Crippen molar-refractivity contribution in [2.24, 2.45) is 5.73 Å². The molecule has 1 rings (SSSR count). The monoisotopic (exact) mass is 131 g/mol. The number of ether oxygens (including phenoxy) is 2. The van der Waals surface area contributed by atoms with Gasteiger partial charge in [-0.1, -0.05) is 0 Å². The zero-order valence-corrected chi connectivity index (χ0v) is 5.83. The average Bonchev–Trinajstić information content (AvgIpc) is 1.60. The second-order valence-corrected chi connectivity index (χ2v) is 2.48. The quantitative estimate of drug-likeness (QED) is 0.591. The summed E-state index contributed by atoms with van der Waals surface area (Å²) in [4.78, 5) is 0. The molecule has 0 aromatic carbocycles. The van der Waals surface area contributed by atoms with Crippen molar-refractivity contribution in [3.8, 4) is 0 Å². The molecule has 1 aliphatic rings. The highest BCUT2D eigenvalue weighted by atomic mass is 16.9. The third-order valence-electron chi connectivity index (χ3n) is 1.25. The summed E-state index contributed by atoms with van der Waals surface area (Å²) in [6.07, 6.45) is 0.735. The van der Waals surface area contributed by atoms with E-state index in [1.54, 1.807) is 0 Å². The van der Waals surface area contributed by atoms with Crippen LogP contribution in [0.5, 0.6) is 0 Å². The zero-order chi connectivity index (χ0) is 6.85. The van der Waals surface area contributed by atoms with Crippen LogP contribution in [0, 0.1) is 0 Å². The molecular formula is C6H13NO2. The second-order valence-electron chi connectivity index (χ2n) is 2.48. The van der Waals surface area contributed by atoms with Gasteiger partial charge in [0.25, 0.3) is 0 Å². The van der Waals surface area contributed by atoms with E-state index in [0.717, 1.165) is 6.42 Å². The molecule has 9 heavy (non-hydrogen) atoms. The van der Waals surface area contributed by atoms with Gasteiger partial charge in [-0.25, -0.2) is 0 Å². The molecule has 3 heteroatoms. The summed E-state index contributed by atoms with van der Waals surface area (Å²) in [5.74, 6) is 0. The van der Waals surface area contributed by atoms with Gasteiger partial charge >= 0.3 is 0 Å². The van der Waals surface area contributed by atoms with Gasteiger partial charge in [0.2, 0.25) is 0 Å². The van der Waals surface area contributed by atoms with E-state index < -0.39 is 0 Å². The molecule has 0 amide bonds. The SMILES string of the molecule is CC(N)CC1OC(C)O1. The van der Waals surface area contributed by atoms with Crippen molar-refractivity contribution in [1.82, 2.24) is 0 Å². The molecule has 0 spiro atoms. The highest BCUT2D eigenvalue weighted by molar-refractivity contribution is 4.61. The molecule has 0 bridgehead atoms. The number of rotatable bonds is 2. The lowest BCUT2D eigenvalue weighted by molar-refractivity contribution is -0.377. The zero-order valence-electron chi connectivity index (χ0n) is 5.83. The van der Waals surface area contributed by atoms with Crippen LogP contribution in [0.3, 0.4) is 0 Å². The lowest BCUT2D eigenvalue weighted by atomic mass is 10.2. The molecule has 54 valence electrons. The van der Waals surface area contributed by atoms with Gasteiger partial charge in [0.05, 0.1) is 0 Å². The first-order chi connectivity index (χ1) is 4.18. The highest BCUT2D eigenvalue weighted by Gasteiger charge is 2.26. The molecule has 0 radical (unpaired) electrons. The topological polar surface area (TPSA) is 44.5 Å². The van der Waals surface area contributed by atoms with Crippen molar-refractivity contribution < 1.29 is 9.47 Å². The molecule has 0 aliphatic carbocycles. The molecule has 1 atom stereocenters. The molecule has 1 unspecified atom stereocenters. The molecule has 1 saturated heterocycles. The Balaban J connectivity index is 2.04. The fourth-order valence-corrected chi connectivity index (χ4v) is 0.852. The Labute approximate surface area is 55.1 Å². The van der Waals surface area contributed by atoms with Crippen LogP contribution in [0.4, 0.5) is 0 Å². The first-order valence-electron chi connectivity index (χ1n) is 3.25. The van der Waals surface area contributed by atoms with Gasteiger partial charge in [0.1, 0.15) is 0 Å². The number of nitrogens with two attached hydrogens (primary N) is 1. The van der Waals surface area contributed by atoms with Crippen LogP contribution in [-0.4, -0.2) is 18.6 Å². The standard InChI is InChI=1S/C6H13NO2/c1-4(7)3-6-8-5(2)9-6/h4-6H,3,7H2,1-2H3. The van der Waals surface area contributed by atoms with Crippen molar-refractivity contribution in [2.45, 2.75) is 38.9 Å². The predicted octanol–water partition coefficient (Wildman–Crippen LogP) is 0.443. The Morgan fingerprint density at radius 2 is 2.11 bits per heavy atom. The van der Waals surface area contributed by atoms with E-state index in [0.29, 0.717) is 0 Å². The summed E-state index contributed by atoms with van der Waals surface area (Å²) in [7, 11) is 0. The van der Waals surface area contributed by atoms with Crippen LogP contribution < -0.4 is 5.73 Å². The van der Waals surface area contributed by atoms with Gasteiger partial charge in [0, 0.05) is 12.5 Å². The maximum Gasteiger partial charge on any atom is 0.165 e. The normalized spacial score (nSPS) is 37.7. The van der Waals surface area contributed by atoms with Crippen molar-refractivity contribution in [2.75, 3.05) is 0 Å². The average molecular weight is 131 g/mol. The summed E-state index contributed by atoms with van der Waals surface area (Å²) in [6, 6.07) is 0.169. The van der Waals surface area contributed by atoms with E-state index in [2.05, 4.69) is 0 Å².